The van der Waals surface area contributed by atoms with Crippen LogP contribution < -0.4 is 5.32 Å². The Morgan fingerprint density at radius 3 is 2.25 bits per heavy atom. The average Bonchev–Trinajstić information content (AvgIpc) is 2.36. The lowest BCUT2D eigenvalue weighted by Crippen LogP contribution is -2.56. The molecular formula is C17H24N2O. The van der Waals surface area contributed by atoms with E-state index >= 15 is 0 Å². The number of carbonyl (C=O) groups excluding carboxylic acids is 1. The van der Waals surface area contributed by atoms with Gasteiger partial charge in [-0.2, -0.15) is 5.26 Å². The van der Waals surface area contributed by atoms with Gasteiger partial charge in [0.25, 0.3) is 0 Å². The molecule has 0 aromatic heterocycles. The maximum absolute atomic E-state index is 11.8. The van der Waals surface area contributed by atoms with Crippen molar-refractivity contribution in [1.82, 2.24) is 5.32 Å². The van der Waals surface area contributed by atoms with Crippen molar-refractivity contribution in [2.75, 3.05) is 0 Å². The summed E-state index contributed by atoms with van der Waals surface area (Å²) in [4.78, 5) is 11.8. The first kappa shape index (κ1) is 12.7. The van der Waals surface area contributed by atoms with Crippen molar-refractivity contribution in [2.45, 2.75) is 69.7 Å². The Bertz CT molecular complexity index is 443. The SMILES string of the molecule is N#CC1(CC23CC4CC(CC(C4)C2)C3)CCCC(=O)N1. The lowest BCUT2D eigenvalue weighted by Gasteiger charge is -2.58. The van der Waals surface area contributed by atoms with Gasteiger partial charge in [0, 0.05) is 6.42 Å². The second-order valence-electron chi connectivity index (χ2n) is 8.19. The molecule has 20 heavy (non-hydrogen) atoms. The van der Waals surface area contributed by atoms with Gasteiger partial charge >= 0.3 is 0 Å². The first-order valence-corrected chi connectivity index (χ1v) is 8.33. The predicted molar refractivity (Wildman–Crippen MR) is 75.6 cm³/mol. The molecule has 3 heteroatoms. The number of rotatable bonds is 2. The highest BCUT2D eigenvalue weighted by Crippen LogP contribution is 2.62. The average molecular weight is 272 g/mol. The fraction of sp³-hybridized carbons (Fsp3) is 0.882. The van der Waals surface area contributed by atoms with Crippen molar-refractivity contribution >= 4 is 5.91 Å². The summed E-state index contributed by atoms with van der Waals surface area (Å²) in [6.45, 7) is 0. The molecule has 0 spiro atoms. The smallest absolute Gasteiger partial charge is 0.221 e. The van der Waals surface area contributed by atoms with Crippen LogP contribution in [0.1, 0.15) is 64.2 Å². The van der Waals surface area contributed by atoms with Crippen LogP contribution in [0.4, 0.5) is 0 Å². The van der Waals surface area contributed by atoms with E-state index < -0.39 is 5.54 Å². The van der Waals surface area contributed by atoms with Crippen molar-refractivity contribution in [2.24, 2.45) is 23.2 Å². The van der Waals surface area contributed by atoms with Gasteiger partial charge in [0.05, 0.1) is 6.07 Å². The molecule has 1 aliphatic heterocycles. The number of hydrogen-bond acceptors (Lipinski definition) is 2. The maximum atomic E-state index is 11.8. The second-order valence-corrected chi connectivity index (χ2v) is 8.19. The Labute approximate surface area is 121 Å². The van der Waals surface area contributed by atoms with Gasteiger partial charge in [-0.3, -0.25) is 4.79 Å². The molecule has 5 fully saturated rings. The van der Waals surface area contributed by atoms with Gasteiger partial charge in [-0.05, 0) is 81.0 Å². The topological polar surface area (TPSA) is 52.9 Å². The molecule has 4 bridgehead atoms. The molecule has 1 atom stereocenters. The summed E-state index contributed by atoms with van der Waals surface area (Å²) in [6, 6.07) is 2.49. The van der Waals surface area contributed by atoms with Crippen molar-refractivity contribution in [3.8, 4) is 6.07 Å². The number of amides is 1. The summed E-state index contributed by atoms with van der Waals surface area (Å²) in [5.41, 5.74) is -0.184. The third kappa shape index (κ3) is 1.96. The van der Waals surface area contributed by atoms with Crippen molar-refractivity contribution < 1.29 is 4.79 Å². The van der Waals surface area contributed by atoms with E-state index in [0.29, 0.717) is 11.8 Å². The second kappa shape index (κ2) is 4.23. The molecule has 4 saturated carbocycles. The van der Waals surface area contributed by atoms with Crippen LogP contribution in [0.2, 0.25) is 0 Å². The van der Waals surface area contributed by atoms with E-state index in [1.165, 1.54) is 38.5 Å². The number of hydrogen-bond donors (Lipinski definition) is 1. The molecule has 108 valence electrons. The highest BCUT2D eigenvalue weighted by molar-refractivity contribution is 5.78. The minimum atomic E-state index is -0.555. The molecule has 4 aliphatic carbocycles. The quantitative estimate of drug-likeness (QED) is 0.839. The first-order valence-electron chi connectivity index (χ1n) is 8.33. The number of nitrogens with one attached hydrogen (secondary N) is 1. The largest absolute Gasteiger partial charge is 0.338 e. The molecule has 1 unspecified atom stereocenters. The van der Waals surface area contributed by atoms with Crippen LogP contribution in [0.5, 0.6) is 0 Å². The van der Waals surface area contributed by atoms with Crippen LogP contribution in [-0.2, 0) is 4.79 Å². The summed E-state index contributed by atoms with van der Waals surface area (Å²) in [5.74, 6) is 2.83. The maximum Gasteiger partial charge on any atom is 0.221 e. The van der Waals surface area contributed by atoms with Crippen molar-refractivity contribution in [3.63, 3.8) is 0 Å². The Morgan fingerprint density at radius 2 is 1.75 bits per heavy atom. The molecule has 5 aliphatic rings. The standard InChI is InChI=1S/C17H24N2O/c18-11-17(3-1-2-15(20)19-17)10-16-7-12-4-13(8-16)6-14(5-12)9-16/h12-14H,1-10H2,(H,19,20). The number of nitriles is 1. The third-order valence-electron chi connectivity index (χ3n) is 6.44. The Morgan fingerprint density at radius 1 is 1.15 bits per heavy atom. The lowest BCUT2D eigenvalue weighted by atomic mass is 9.47. The van der Waals surface area contributed by atoms with Gasteiger partial charge in [-0.1, -0.05) is 0 Å². The van der Waals surface area contributed by atoms with E-state index in [0.717, 1.165) is 37.0 Å². The van der Waals surface area contributed by atoms with Gasteiger partial charge in [-0.15, -0.1) is 0 Å². The van der Waals surface area contributed by atoms with E-state index in [1.807, 2.05) is 0 Å². The first-order chi connectivity index (χ1) is 9.60. The fourth-order valence-electron chi connectivity index (χ4n) is 6.35. The highest BCUT2D eigenvalue weighted by atomic mass is 16.1. The molecule has 1 saturated heterocycles. The van der Waals surface area contributed by atoms with Crippen LogP contribution in [0.25, 0.3) is 0 Å². The van der Waals surface area contributed by atoms with Crippen LogP contribution in [-0.4, -0.2) is 11.4 Å². The third-order valence-corrected chi connectivity index (χ3v) is 6.44. The van der Waals surface area contributed by atoms with E-state index in [-0.39, 0.29) is 5.91 Å². The zero-order chi connectivity index (χ0) is 13.8. The van der Waals surface area contributed by atoms with Gasteiger partial charge in [0.1, 0.15) is 5.54 Å². The lowest BCUT2D eigenvalue weighted by molar-refractivity contribution is -0.126. The highest BCUT2D eigenvalue weighted by Gasteiger charge is 2.54. The minimum absolute atomic E-state index is 0.0857. The Kier molecular flexibility index (Phi) is 2.68. The molecule has 5 rings (SSSR count). The van der Waals surface area contributed by atoms with Gasteiger partial charge in [-0.25, -0.2) is 0 Å². The van der Waals surface area contributed by atoms with Gasteiger partial charge in [0.2, 0.25) is 5.91 Å². The fourth-order valence-corrected chi connectivity index (χ4v) is 6.35. The van der Waals surface area contributed by atoms with Crippen molar-refractivity contribution in [1.29, 1.82) is 5.26 Å². The zero-order valence-electron chi connectivity index (χ0n) is 12.2. The summed E-state index contributed by atoms with van der Waals surface area (Å²) >= 11 is 0. The summed E-state index contributed by atoms with van der Waals surface area (Å²) in [7, 11) is 0. The molecule has 1 amide bonds. The molecule has 1 N–H and O–H groups in total. The normalized spacial score (nSPS) is 49.8. The minimum Gasteiger partial charge on any atom is -0.338 e. The van der Waals surface area contributed by atoms with Gasteiger partial charge in [0.15, 0.2) is 0 Å². The van der Waals surface area contributed by atoms with Gasteiger partial charge < -0.3 is 5.32 Å². The van der Waals surface area contributed by atoms with Crippen molar-refractivity contribution in [3.05, 3.63) is 0 Å². The predicted octanol–water partition coefficient (Wildman–Crippen LogP) is 3.16. The number of piperidine rings is 1. The Balaban J connectivity index is 1.58. The number of nitrogens with zero attached hydrogens (tertiary/aromatic N) is 1. The molecule has 3 nitrogen and oxygen atoms in total. The molecule has 0 radical (unpaired) electrons. The van der Waals surface area contributed by atoms with E-state index in [4.69, 9.17) is 0 Å². The molecule has 0 aromatic rings. The van der Waals surface area contributed by atoms with Crippen LogP contribution in [0.15, 0.2) is 0 Å². The van der Waals surface area contributed by atoms with E-state index in [2.05, 4.69) is 11.4 Å². The van der Waals surface area contributed by atoms with Crippen LogP contribution in [0.3, 0.4) is 0 Å². The Hall–Kier alpha value is -1.04. The monoisotopic (exact) mass is 272 g/mol. The van der Waals surface area contributed by atoms with E-state index in [1.54, 1.807) is 0 Å². The van der Waals surface area contributed by atoms with Crippen LogP contribution >= 0.6 is 0 Å². The van der Waals surface area contributed by atoms with Crippen LogP contribution in [0, 0.1) is 34.5 Å². The summed E-state index contributed by atoms with van der Waals surface area (Å²) < 4.78 is 0. The molecular weight excluding hydrogens is 248 g/mol. The molecule has 1 heterocycles. The van der Waals surface area contributed by atoms with E-state index in [9.17, 15) is 10.1 Å². The zero-order valence-corrected chi connectivity index (χ0v) is 12.2. The summed E-state index contributed by atoms with van der Waals surface area (Å²) in [6.07, 6.45) is 11.5. The molecule has 0 aromatic carbocycles. The number of carbonyl (C=O) groups is 1. The summed E-state index contributed by atoms with van der Waals surface area (Å²) in [5, 5.41) is 12.8.